The Labute approximate surface area is 181 Å². The van der Waals surface area contributed by atoms with Gasteiger partial charge in [-0.3, -0.25) is 4.79 Å². The molecule has 1 aliphatic heterocycles. The Morgan fingerprint density at radius 1 is 1.10 bits per heavy atom. The lowest BCUT2D eigenvalue weighted by Gasteiger charge is -2.37. The van der Waals surface area contributed by atoms with E-state index in [1.54, 1.807) is 6.07 Å². The fraction of sp³-hybridized carbons (Fsp3) is 0.682. The monoisotopic (exact) mass is 429 g/mol. The van der Waals surface area contributed by atoms with Crippen molar-refractivity contribution in [3.05, 3.63) is 33.1 Å². The second kappa shape index (κ2) is 8.67. The molecule has 7 nitrogen and oxygen atoms in total. The average Bonchev–Trinajstić information content (AvgIpc) is 3.38. The molecular formula is C22H31N5O2S. The Hall–Kier alpha value is -1.93. The van der Waals surface area contributed by atoms with Gasteiger partial charge in [0.1, 0.15) is 5.82 Å². The maximum absolute atomic E-state index is 12.4. The minimum Gasteiger partial charge on any atom is -0.391 e. The molecule has 30 heavy (non-hydrogen) atoms. The Bertz CT molecular complexity index is 918. The molecule has 0 bridgehead atoms. The van der Waals surface area contributed by atoms with Gasteiger partial charge >= 0.3 is 0 Å². The van der Waals surface area contributed by atoms with Gasteiger partial charge in [-0.15, -0.1) is 11.3 Å². The van der Waals surface area contributed by atoms with Crippen LogP contribution in [0, 0.1) is 0 Å². The zero-order valence-corrected chi connectivity index (χ0v) is 18.2. The topological polar surface area (TPSA) is 83.3 Å². The van der Waals surface area contributed by atoms with Crippen LogP contribution in [0.5, 0.6) is 0 Å². The van der Waals surface area contributed by atoms with E-state index >= 15 is 0 Å². The van der Waals surface area contributed by atoms with Crippen molar-refractivity contribution in [3.8, 4) is 0 Å². The van der Waals surface area contributed by atoms with Gasteiger partial charge in [0, 0.05) is 30.1 Å². The van der Waals surface area contributed by atoms with Crippen molar-refractivity contribution < 1.29 is 5.11 Å². The van der Waals surface area contributed by atoms with Gasteiger partial charge in [0.15, 0.2) is 5.13 Å². The summed E-state index contributed by atoms with van der Waals surface area (Å²) in [4.78, 5) is 21.0. The van der Waals surface area contributed by atoms with Crippen LogP contribution < -0.4 is 15.8 Å². The second-order valence-corrected chi connectivity index (χ2v) is 9.94. The minimum absolute atomic E-state index is 0.121. The zero-order valence-electron chi connectivity index (χ0n) is 17.4. The number of aliphatic hydroxyl groups is 1. The summed E-state index contributed by atoms with van der Waals surface area (Å²) in [6.45, 7) is 1.78. The van der Waals surface area contributed by atoms with Crippen LogP contribution in [0.15, 0.2) is 16.9 Å². The first kappa shape index (κ1) is 20.0. The Balaban J connectivity index is 1.32. The molecule has 162 valence electrons. The van der Waals surface area contributed by atoms with E-state index in [1.807, 2.05) is 17.4 Å². The van der Waals surface area contributed by atoms with Crippen molar-refractivity contribution in [2.75, 3.05) is 23.3 Å². The summed E-state index contributed by atoms with van der Waals surface area (Å²) in [6, 6.07) is 3.59. The predicted octanol–water partition coefficient (Wildman–Crippen LogP) is 3.14. The van der Waals surface area contributed by atoms with Gasteiger partial charge < -0.3 is 15.3 Å². The van der Waals surface area contributed by atoms with Crippen LogP contribution in [0.3, 0.4) is 0 Å². The molecular weight excluding hydrogens is 398 g/mol. The summed E-state index contributed by atoms with van der Waals surface area (Å²) >= 11 is 1.81. The number of nitrogens with zero attached hydrogens (tertiary/aromatic N) is 4. The first-order valence-electron chi connectivity index (χ1n) is 11.5. The van der Waals surface area contributed by atoms with Gasteiger partial charge in [0.05, 0.1) is 17.8 Å². The largest absolute Gasteiger partial charge is 0.391 e. The molecule has 3 aliphatic rings. The quantitative estimate of drug-likeness (QED) is 0.760. The van der Waals surface area contributed by atoms with Gasteiger partial charge in [-0.1, -0.05) is 0 Å². The third-order valence-electron chi connectivity index (χ3n) is 6.83. The third-order valence-corrected chi connectivity index (χ3v) is 7.94. The van der Waals surface area contributed by atoms with Crippen molar-refractivity contribution in [3.63, 3.8) is 0 Å². The molecule has 3 atom stereocenters. The fourth-order valence-corrected chi connectivity index (χ4v) is 6.22. The molecule has 0 spiro atoms. The van der Waals surface area contributed by atoms with E-state index in [0.717, 1.165) is 62.6 Å². The van der Waals surface area contributed by atoms with Crippen molar-refractivity contribution in [1.29, 1.82) is 0 Å². The lowest BCUT2D eigenvalue weighted by Crippen LogP contribution is -2.45. The van der Waals surface area contributed by atoms with Crippen molar-refractivity contribution in [2.24, 2.45) is 0 Å². The molecule has 2 aromatic heterocycles. The Morgan fingerprint density at radius 2 is 2.00 bits per heavy atom. The number of aliphatic hydroxyl groups excluding tert-OH is 1. The molecule has 3 unspecified atom stereocenters. The first-order valence-corrected chi connectivity index (χ1v) is 12.3. The summed E-state index contributed by atoms with van der Waals surface area (Å²) in [5.41, 5.74) is 1.17. The van der Waals surface area contributed by atoms with E-state index in [2.05, 4.69) is 10.2 Å². The van der Waals surface area contributed by atoms with Crippen molar-refractivity contribution in [2.45, 2.75) is 82.4 Å². The van der Waals surface area contributed by atoms with Crippen molar-refractivity contribution in [1.82, 2.24) is 14.8 Å². The number of hydrogen-bond donors (Lipinski definition) is 2. The molecule has 2 aromatic rings. The number of fused-ring (bicyclic) bond motifs is 1. The molecule has 2 fully saturated rings. The number of anilines is 2. The fourth-order valence-electron chi connectivity index (χ4n) is 5.16. The van der Waals surface area contributed by atoms with E-state index in [1.165, 1.54) is 40.9 Å². The number of aromatic nitrogens is 3. The molecule has 1 saturated heterocycles. The smallest absolute Gasteiger partial charge is 0.267 e. The number of hydrogen-bond acceptors (Lipinski definition) is 7. The molecule has 2 aliphatic carbocycles. The van der Waals surface area contributed by atoms with Crippen LogP contribution in [-0.4, -0.2) is 45.1 Å². The van der Waals surface area contributed by atoms with Gasteiger partial charge in [-0.25, -0.2) is 9.67 Å². The minimum atomic E-state index is -0.472. The normalized spacial score (nSPS) is 26.6. The third kappa shape index (κ3) is 3.99. The van der Waals surface area contributed by atoms with Crippen LogP contribution in [0.25, 0.3) is 0 Å². The van der Waals surface area contributed by atoms with Gasteiger partial charge in [0.25, 0.3) is 5.56 Å². The summed E-state index contributed by atoms with van der Waals surface area (Å²) in [6.07, 6.45) is 10.3. The number of piperidine rings is 1. The first-order chi connectivity index (χ1) is 14.7. The van der Waals surface area contributed by atoms with Crippen molar-refractivity contribution >= 4 is 22.3 Å². The van der Waals surface area contributed by atoms with Crippen LogP contribution >= 0.6 is 11.3 Å². The number of nitrogens with one attached hydrogen (secondary N) is 1. The predicted molar refractivity (Wildman–Crippen MR) is 120 cm³/mol. The van der Waals surface area contributed by atoms with E-state index in [4.69, 9.17) is 10.1 Å². The van der Waals surface area contributed by atoms with E-state index in [-0.39, 0.29) is 11.6 Å². The van der Waals surface area contributed by atoms with Gasteiger partial charge in [-0.05, 0) is 70.3 Å². The summed E-state index contributed by atoms with van der Waals surface area (Å²) in [5, 5.41) is 19.6. The highest BCUT2D eigenvalue weighted by atomic mass is 32.1. The highest BCUT2D eigenvalue weighted by molar-refractivity contribution is 7.15. The maximum Gasteiger partial charge on any atom is 0.267 e. The van der Waals surface area contributed by atoms with Crippen LogP contribution in [0.1, 0.15) is 68.0 Å². The lowest BCUT2D eigenvalue weighted by molar-refractivity contribution is 0.127. The molecule has 0 radical (unpaired) electrons. The molecule has 0 aromatic carbocycles. The summed E-state index contributed by atoms with van der Waals surface area (Å²) in [7, 11) is 0. The average molecular weight is 430 g/mol. The Morgan fingerprint density at radius 3 is 2.83 bits per heavy atom. The lowest BCUT2D eigenvalue weighted by atomic mass is 10.0. The standard InChI is InChI=1S/C22H31N5O2S/c28-18-9-5-8-17(18)27-21(29)12-11-20(25-27)26-13-4-3-6-15(26)14-23-22-24-16-7-1-2-10-19(16)30-22/h11-12,15,17-18,28H,1-10,13-14H2,(H,23,24). The molecule has 3 heterocycles. The highest BCUT2D eigenvalue weighted by Crippen LogP contribution is 2.31. The zero-order chi connectivity index (χ0) is 20.5. The number of thiazole rings is 1. The van der Waals surface area contributed by atoms with E-state index < -0.39 is 6.10 Å². The number of rotatable bonds is 5. The van der Waals surface area contributed by atoms with E-state index in [9.17, 15) is 9.90 Å². The Kier molecular flexibility index (Phi) is 5.78. The van der Waals surface area contributed by atoms with E-state index in [0.29, 0.717) is 6.04 Å². The second-order valence-electron chi connectivity index (χ2n) is 8.86. The molecule has 0 amide bonds. The van der Waals surface area contributed by atoms with Gasteiger partial charge in [-0.2, -0.15) is 5.10 Å². The molecule has 1 saturated carbocycles. The highest BCUT2D eigenvalue weighted by Gasteiger charge is 2.30. The molecule has 5 rings (SSSR count). The molecule has 2 N–H and O–H groups in total. The van der Waals surface area contributed by atoms with Crippen LogP contribution in [0.2, 0.25) is 0 Å². The summed E-state index contributed by atoms with van der Waals surface area (Å²) < 4.78 is 1.53. The summed E-state index contributed by atoms with van der Waals surface area (Å²) in [5.74, 6) is 0.846. The number of aryl methyl sites for hydroxylation is 2. The van der Waals surface area contributed by atoms with Crippen LogP contribution in [-0.2, 0) is 12.8 Å². The SMILES string of the molecule is O=c1ccc(N2CCCCC2CNc2nc3c(s2)CCCC3)nn1C1CCCC1O. The van der Waals surface area contributed by atoms with Crippen LogP contribution in [0.4, 0.5) is 10.9 Å². The maximum atomic E-state index is 12.4. The van der Waals surface area contributed by atoms with Gasteiger partial charge in [0.2, 0.25) is 0 Å². The molecule has 8 heteroatoms.